The summed E-state index contributed by atoms with van der Waals surface area (Å²) in [6.07, 6.45) is 0. The number of hydrogen-bond donors (Lipinski definition) is 1. The molecule has 3 heteroatoms. The SMILES string of the molecule is CCN(CCN)C(=O)C(C)(C)c1ccccc1. The lowest BCUT2D eigenvalue weighted by atomic mass is 9.83. The van der Waals surface area contributed by atoms with Crippen LogP contribution in [0.25, 0.3) is 0 Å². The van der Waals surface area contributed by atoms with Crippen LogP contribution in [0, 0.1) is 0 Å². The van der Waals surface area contributed by atoms with Crippen molar-refractivity contribution in [2.24, 2.45) is 5.73 Å². The van der Waals surface area contributed by atoms with Gasteiger partial charge in [0.25, 0.3) is 0 Å². The molecule has 0 aliphatic carbocycles. The maximum atomic E-state index is 12.5. The third-order valence-electron chi connectivity index (χ3n) is 3.10. The van der Waals surface area contributed by atoms with Crippen LogP contribution in [0.3, 0.4) is 0 Å². The van der Waals surface area contributed by atoms with E-state index in [-0.39, 0.29) is 5.91 Å². The number of carbonyl (C=O) groups is 1. The lowest BCUT2D eigenvalue weighted by Gasteiger charge is -2.31. The van der Waals surface area contributed by atoms with Gasteiger partial charge in [-0.25, -0.2) is 0 Å². The van der Waals surface area contributed by atoms with Crippen molar-refractivity contribution < 1.29 is 4.79 Å². The first kappa shape index (κ1) is 13.7. The van der Waals surface area contributed by atoms with Crippen molar-refractivity contribution in [3.8, 4) is 0 Å². The molecule has 0 spiro atoms. The Hall–Kier alpha value is -1.35. The topological polar surface area (TPSA) is 46.3 Å². The first-order chi connectivity index (χ1) is 8.04. The number of nitrogens with zero attached hydrogens (tertiary/aromatic N) is 1. The highest BCUT2D eigenvalue weighted by Gasteiger charge is 2.32. The summed E-state index contributed by atoms with van der Waals surface area (Å²) in [6, 6.07) is 9.87. The van der Waals surface area contributed by atoms with Gasteiger partial charge in [0.1, 0.15) is 0 Å². The van der Waals surface area contributed by atoms with E-state index in [1.165, 1.54) is 0 Å². The summed E-state index contributed by atoms with van der Waals surface area (Å²) in [5.74, 6) is 0.136. The predicted octanol–water partition coefficient (Wildman–Crippen LogP) is 1.77. The van der Waals surface area contributed by atoms with E-state index >= 15 is 0 Å². The van der Waals surface area contributed by atoms with Crippen LogP contribution in [0.1, 0.15) is 26.3 Å². The molecule has 0 unspecified atom stereocenters. The van der Waals surface area contributed by atoms with Gasteiger partial charge in [0, 0.05) is 19.6 Å². The Kier molecular flexibility index (Phi) is 4.70. The third kappa shape index (κ3) is 3.07. The number of benzene rings is 1. The molecule has 1 rings (SSSR count). The molecular weight excluding hydrogens is 212 g/mol. The average Bonchev–Trinajstić information content (AvgIpc) is 2.36. The zero-order chi connectivity index (χ0) is 12.9. The number of carbonyl (C=O) groups excluding carboxylic acids is 1. The number of likely N-dealkylation sites (N-methyl/N-ethyl adjacent to an activating group) is 1. The fourth-order valence-corrected chi connectivity index (χ4v) is 1.93. The van der Waals surface area contributed by atoms with Crippen LogP contribution >= 0.6 is 0 Å². The second-order valence-electron chi connectivity index (χ2n) is 4.66. The Balaban J connectivity index is 2.93. The Morgan fingerprint density at radius 2 is 1.88 bits per heavy atom. The molecule has 0 heterocycles. The number of hydrogen-bond acceptors (Lipinski definition) is 2. The summed E-state index contributed by atoms with van der Waals surface area (Å²) in [5, 5.41) is 0. The highest BCUT2D eigenvalue weighted by molar-refractivity contribution is 5.87. The summed E-state index contributed by atoms with van der Waals surface area (Å²) in [4.78, 5) is 14.3. The van der Waals surface area contributed by atoms with Crippen LogP contribution < -0.4 is 5.73 Å². The Bertz CT molecular complexity index is 360. The fourth-order valence-electron chi connectivity index (χ4n) is 1.93. The molecule has 17 heavy (non-hydrogen) atoms. The maximum absolute atomic E-state index is 12.5. The first-order valence-corrected chi connectivity index (χ1v) is 6.09. The minimum absolute atomic E-state index is 0.136. The van der Waals surface area contributed by atoms with Gasteiger partial charge in [-0.3, -0.25) is 4.79 Å². The van der Waals surface area contributed by atoms with Crippen molar-refractivity contribution in [3.63, 3.8) is 0 Å². The standard InChI is InChI=1S/C14H22N2O/c1-4-16(11-10-15)13(17)14(2,3)12-8-6-5-7-9-12/h5-9H,4,10-11,15H2,1-3H3. The molecule has 1 aromatic rings. The summed E-state index contributed by atoms with van der Waals surface area (Å²) in [7, 11) is 0. The molecule has 0 saturated carbocycles. The van der Waals surface area contributed by atoms with Crippen molar-refractivity contribution in [1.82, 2.24) is 4.90 Å². The van der Waals surface area contributed by atoms with Crippen LogP contribution in [0.5, 0.6) is 0 Å². The molecule has 3 nitrogen and oxygen atoms in total. The van der Waals surface area contributed by atoms with Crippen molar-refractivity contribution in [2.45, 2.75) is 26.2 Å². The highest BCUT2D eigenvalue weighted by Crippen LogP contribution is 2.25. The molecule has 0 radical (unpaired) electrons. The van der Waals surface area contributed by atoms with Gasteiger partial charge in [-0.1, -0.05) is 30.3 Å². The Morgan fingerprint density at radius 3 is 2.35 bits per heavy atom. The lowest BCUT2D eigenvalue weighted by Crippen LogP contribution is -2.45. The molecule has 0 bridgehead atoms. The number of amides is 1. The van der Waals surface area contributed by atoms with Gasteiger partial charge in [-0.05, 0) is 26.3 Å². The maximum Gasteiger partial charge on any atom is 0.232 e. The van der Waals surface area contributed by atoms with Crippen molar-refractivity contribution >= 4 is 5.91 Å². The second-order valence-corrected chi connectivity index (χ2v) is 4.66. The quantitative estimate of drug-likeness (QED) is 0.844. The summed E-state index contributed by atoms with van der Waals surface area (Å²) in [6.45, 7) is 7.73. The van der Waals surface area contributed by atoms with Gasteiger partial charge < -0.3 is 10.6 Å². The summed E-state index contributed by atoms with van der Waals surface area (Å²) < 4.78 is 0. The average molecular weight is 234 g/mol. The Labute approximate surface area is 104 Å². The summed E-state index contributed by atoms with van der Waals surface area (Å²) >= 11 is 0. The molecule has 94 valence electrons. The molecule has 2 N–H and O–H groups in total. The van der Waals surface area contributed by atoms with Crippen LogP contribution in [0.2, 0.25) is 0 Å². The van der Waals surface area contributed by atoms with Gasteiger partial charge >= 0.3 is 0 Å². The minimum atomic E-state index is -0.494. The monoisotopic (exact) mass is 234 g/mol. The lowest BCUT2D eigenvalue weighted by molar-refractivity contribution is -0.136. The molecular formula is C14H22N2O. The van der Waals surface area contributed by atoms with E-state index in [0.29, 0.717) is 19.6 Å². The van der Waals surface area contributed by atoms with Crippen molar-refractivity contribution in [3.05, 3.63) is 35.9 Å². The smallest absolute Gasteiger partial charge is 0.232 e. The van der Waals surface area contributed by atoms with E-state index in [4.69, 9.17) is 5.73 Å². The van der Waals surface area contributed by atoms with E-state index in [9.17, 15) is 4.79 Å². The highest BCUT2D eigenvalue weighted by atomic mass is 16.2. The molecule has 0 fully saturated rings. The number of rotatable bonds is 5. The van der Waals surface area contributed by atoms with Crippen molar-refractivity contribution in [2.75, 3.05) is 19.6 Å². The largest absolute Gasteiger partial charge is 0.341 e. The molecule has 1 amide bonds. The van der Waals surface area contributed by atoms with Crippen LogP contribution in [0.15, 0.2) is 30.3 Å². The number of nitrogens with two attached hydrogens (primary N) is 1. The van der Waals surface area contributed by atoms with Gasteiger partial charge in [0.2, 0.25) is 5.91 Å². The van der Waals surface area contributed by atoms with Gasteiger partial charge in [0.15, 0.2) is 0 Å². The van der Waals surface area contributed by atoms with Gasteiger partial charge in [-0.2, -0.15) is 0 Å². The fraction of sp³-hybridized carbons (Fsp3) is 0.500. The predicted molar refractivity (Wildman–Crippen MR) is 70.8 cm³/mol. The molecule has 1 aromatic carbocycles. The van der Waals surface area contributed by atoms with Gasteiger partial charge in [0.05, 0.1) is 5.41 Å². The first-order valence-electron chi connectivity index (χ1n) is 6.09. The van der Waals surface area contributed by atoms with E-state index in [0.717, 1.165) is 5.56 Å². The summed E-state index contributed by atoms with van der Waals surface area (Å²) in [5.41, 5.74) is 6.08. The van der Waals surface area contributed by atoms with E-state index < -0.39 is 5.41 Å². The molecule has 0 aromatic heterocycles. The van der Waals surface area contributed by atoms with E-state index in [1.54, 1.807) is 0 Å². The van der Waals surface area contributed by atoms with Crippen LogP contribution in [-0.2, 0) is 10.2 Å². The van der Waals surface area contributed by atoms with Crippen molar-refractivity contribution in [1.29, 1.82) is 0 Å². The zero-order valence-electron chi connectivity index (χ0n) is 10.9. The van der Waals surface area contributed by atoms with E-state index in [1.807, 2.05) is 56.0 Å². The zero-order valence-corrected chi connectivity index (χ0v) is 10.9. The van der Waals surface area contributed by atoms with Gasteiger partial charge in [-0.15, -0.1) is 0 Å². The third-order valence-corrected chi connectivity index (χ3v) is 3.10. The second kappa shape index (κ2) is 5.82. The van der Waals surface area contributed by atoms with Crippen LogP contribution in [-0.4, -0.2) is 30.4 Å². The minimum Gasteiger partial charge on any atom is -0.341 e. The van der Waals surface area contributed by atoms with E-state index in [2.05, 4.69) is 0 Å². The molecule has 0 saturated heterocycles. The molecule has 0 atom stereocenters. The normalized spacial score (nSPS) is 11.3. The van der Waals surface area contributed by atoms with Crippen LogP contribution in [0.4, 0.5) is 0 Å². The Morgan fingerprint density at radius 1 is 1.29 bits per heavy atom. The molecule has 0 aliphatic heterocycles. The molecule has 0 aliphatic rings.